The summed E-state index contributed by atoms with van der Waals surface area (Å²) in [6, 6.07) is 9.97. The van der Waals surface area contributed by atoms with Crippen molar-refractivity contribution in [3.8, 4) is 0 Å². The second-order valence-electron chi connectivity index (χ2n) is 4.07. The van der Waals surface area contributed by atoms with E-state index < -0.39 is 10.0 Å². The van der Waals surface area contributed by atoms with Gasteiger partial charge in [0.15, 0.2) is 0 Å². The number of nitrogens with one attached hydrogen (secondary N) is 1. The van der Waals surface area contributed by atoms with Crippen LogP contribution in [0.25, 0.3) is 0 Å². The fourth-order valence-electron chi connectivity index (χ4n) is 1.62. The molecule has 0 unspecified atom stereocenters. The molecule has 0 bridgehead atoms. The van der Waals surface area contributed by atoms with Gasteiger partial charge in [0.1, 0.15) is 5.82 Å². The lowest BCUT2D eigenvalue weighted by molar-refractivity contribution is 0.601. The lowest BCUT2D eigenvalue weighted by atomic mass is 10.2. The lowest BCUT2D eigenvalue weighted by Crippen LogP contribution is -2.13. The maximum absolute atomic E-state index is 12.1. The predicted molar refractivity (Wildman–Crippen MR) is 75.3 cm³/mol. The smallest absolute Gasteiger partial charge is 0.262 e. The third kappa shape index (κ3) is 3.23. The highest BCUT2D eigenvalue weighted by atomic mass is 32.2. The van der Waals surface area contributed by atoms with Gasteiger partial charge in [0.2, 0.25) is 0 Å². The molecule has 1 aromatic carbocycles. The monoisotopic (exact) mass is 277 g/mol. The molecular formula is C13H15N3O2S. The zero-order valence-corrected chi connectivity index (χ0v) is 11.3. The number of nitrogens with two attached hydrogens (primary N) is 1. The number of nitrogen functional groups attached to an aromatic ring is 1. The van der Waals surface area contributed by atoms with Gasteiger partial charge in [0.05, 0.1) is 4.90 Å². The van der Waals surface area contributed by atoms with Gasteiger partial charge in [-0.05, 0) is 30.2 Å². The Balaban J connectivity index is 2.25. The maximum Gasteiger partial charge on any atom is 0.262 e. The summed E-state index contributed by atoms with van der Waals surface area (Å²) in [5, 5.41) is 0. The average molecular weight is 277 g/mol. The van der Waals surface area contributed by atoms with Crippen LogP contribution in [-0.2, 0) is 16.4 Å². The number of benzene rings is 1. The molecular weight excluding hydrogens is 262 g/mol. The third-order valence-corrected chi connectivity index (χ3v) is 4.06. The van der Waals surface area contributed by atoms with Crippen LogP contribution in [0.2, 0.25) is 0 Å². The van der Waals surface area contributed by atoms with Crippen LogP contribution in [0.1, 0.15) is 12.5 Å². The highest BCUT2D eigenvalue weighted by Gasteiger charge is 2.14. The van der Waals surface area contributed by atoms with Crippen molar-refractivity contribution in [1.82, 2.24) is 4.98 Å². The molecule has 0 fully saturated rings. The topological polar surface area (TPSA) is 85.1 Å². The number of aryl methyl sites for hydroxylation is 1. The minimum absolute atomic E-state index is 0.0968. The van der Waals surface area contributed by atoms with Crippen LogP contribution in [0.5, 0.6) is 0 Å². The molecule has 0 saturated heterocycles. The van der Waals surface area contributed by atoms with Crippen molar-refractivity contribution >= 4 is 21.5 Å². The van der Waals surface area contributed by atoms with Crippen LogP contribution in [0.4, 0.5) is 11.5 Å². The molecule has 2 aromatic rings. The Morgan fingerprint density at radius 1 is 1.21 bits per heavy atom. The number of sulfonamides is 1. The molecule has 19 heavy (non-hydrogen) atoms. The van der Waals surface area contributed by atoms with E-state index in [1.165, 1.54) is 18.3 Å². The first kappa shape index (κ1) is 13.4. The zero-order chi connectivity index (χ0) is 13.9. The molecule has 0 amide bonds. The Morgan fingerprint density at radius 2 is 1.89 bits per heavy atom. The number of pyridine rings is 1. The number of hydrogen-bond acceptors (Lipinski definition) is 4. The van der Waals surface area contributed by atoms with E-state index in [1.807, 2.05) is 19.1 Å². The minimum atomic E-state index is -3.63. The summed E-state index contributed by atoms with van der Waals surface area (Å²) in [6.07, 6.45) is 2.28. The summed E-state index contributed by atoms with van der Waals surface area (Å²) in [5.74, 6) is 0.171. The van der Waals surface area contributed by atoms with Gasteiger partial charge in [-0.1, -0.05) is 19.1 Å². The van der Waals surface area contributed by atoms with Crippen molar-refractivity contribution in [2.24, 2.45) is 0 Å². The van der Waals surface area contributed by atoms with Crippen LogP contribution < -0.4 is 10.5 Å². The highest BCUT2D eigenvalue weighted by Crippen LogP contribution is 2.17. The van der Waals surface area contributed by atoms with E-state index in [1.54, 1.807) is 12.1 Å². The number of anilines is 2. The quantitative estimate of drug-likeness (QED) is 0.895. The molecule has 0 atom stereocenters. The van der Waals surface area contributed by atoms with E-state index in [2.05, 4.69) is 9.71 Å². The molecule has 0 spiro atoms. The molecule has 0 aliphatic carbocycles. The van der Waals surface area contributed by atoms with E-state index in [0.29, 0.717) is 5.69 Å². The van der Waals surface area contributed by atoms with Gasteiger partial charge in [-0.2, -0.15) is 0 Å². The first-order chi connectivity index (χ1) is 9.01. The van der Waals surface area contributed by atoms with Crippen LogP contribution in [0, 0.1) is 0 Å². The Labute approximate surface area is 112 Å². The van der Waals surface area contributed by atoms with Crippen LogP contribution >= 0.6 is 0 Å². The van der Waals surface area contributed by atoms with Crippen molar-refractivity contribution in [2.45, 2.75) is 18.2 Å². The Morgan fingerprint density at radius 3 is 2.47 bits per heavy atom. The van der Waals surface area contributed by atoms with Crippen molar-refractivity contribution in [2.75, 3.05) is 10.5 Å². The molecule has 0 radical (unpaired) electrons. The van der Waals surface area contributed by atoms with Gasteiger partial charge in [0, 0.05) is 18.0 Å². The lowest BCUT2D eigenvalue weighted by Gasteiger charge is -2.08. The molecule has 0 aliphatic rings. The average Bonchev–Trinajstić information content (AvgIpc) is 2.39. The number of nitrogens with zero attached hydrogens (tertiary/aromatic N) is 1. The van der Waals surface area contributed by atoms with Gasteiger partial charge < -0.3 is 5.73 Å². The van der Waals surface area contributed by atoms with Crippen molar-refractivity contribution < 1.29 is 8.42 Å². The molecule has 100 valence electrons. The van der Waals surface area contributed by atoms with Crippen LogP contribution in [-0.4, -0.2) is 13.4 Å². The molecule has 2 rings (SSSR count). The summed E-state index contributed by atoms with van der Waals surface area (Å²) in [6.45, 7) is 2.04. The van der Waals surface area contributed by atoms with Crippen LogP contribution in [0.3, 0.4) is 0 Å². The molecule has 1 aromatic heterocycles. The third-order valence-electron chi connectivity index (χ3n) is 2.68. The maximum atomic E-state index is 12.1. The molecule has 0 saturated carbocycles. The fraction of sp³-hybridized carbons (Fsp3) is 0.154. The minimum Gasteiger partial charge on any atom is -0.384 e. The zero-order valence-electron chi connectivity index (χ0n) is 10.5. The summed E-state index contributed by atoms with van der Waals surface area (Å²) in [5.41, 5.74) is 7.15. The van der Waals surface area contributed by atoms with Crippen molar-refractivity contribution in [1.29, 1.82) is 0 Å². The van der Waals surface area contributed by atoms with Crippen molar-refractivity contribution in [3.05, 3.63) is 48.2 Å². The molecule has 1 heterocycles. The predicted octanol–water partition coefficient (Wildman–Crippen LogP) is 2.03. The standard InChI is InChI=1S/C13H15N3O2S/c1-2-10-3-5-11(6-4-10)16-19(17,18)12-7-8-15-13(14)9-12/h3-9,16H,2H2,1H3,(H2,14,15). The normalized spacial score (nSPS) is 11.2. The first-order valence-corrected chi connectivity index (χ1v) is 7.33. The number of rotatable bonds is 4. The molecule has 0 aliphatic heterocycles. The molecule has 3 N–H and O–H groups in total. The van der Waals surface area contributed by atoms with E-state index in [-0.39, 0.29) is 10.7 Å². The fourth-order valence-corrected chi connectivity index (χ4v) is 2.70. The second-order valence-corrected chi connectivity index (χ2v) is 5.75. The van der Waals surface area contributed by atoms with E-state index in [9.17, 15) is 8.42 Å². The summed E-state index contributed by atoms with van der Waals surface area (Å²) >= 11 is 0. The van der Waals surface area contributed by atoms with Gasteiger partial charge in [-0.3, -0.25) is 4.72 Å². The Hall–Kier alpha value is -2.08. The Kier molecular flexibility index (Phi) is 3.71. The summed E-state index contributed by atoms with van der Waals surface area (Å²) in [4.78, 5) is 3.87. The van der Waals surface area contributed by atoms with Gasteiger partial charge in [-0.15, -0.1) is 0 Å². The van der Waals surface area contributed by atoms with E-state index in [4.69, 9.17) is 5.73 Å². The van der Waals surface area contributed by atoms with E-state index in [0.717, 1.165) is 12.0 Å². The SMILES string of the molecule is CCc1ccc(NS(=O)(=O)c2ccnc(N)c2)cc1. The number of hydrogen-bond donors (Lipinski definition) is 2. The van der Waals surface area contributed by atoms with E-state index >= 15 is 0 Å². The summed E-state index contributed by atoms with van der Waals surface area (Å²) in [7, 11) is -3.63. The second kappa shape index (κ2) is 5.27. The first-order valence-electron chi connectivity index (χ1n) is 5.84. The van der Waals surface area contributed by atoms with Gasteiger partial charge in [0.25, 0.3) is 10.0 Å². The molecule has 6 heteroatoms. The summed E-state index contributed by atoms with van der Waals surface area (Å²) < 4.78 is 26.7. The largest absolute Gasteiger partial charge is 0.384 e. The van der Waals surface area contributed by atoms with Gasteiger partial charge in [-0.25, -0.2) is 13.4 Å². The van der Waals surface area contributed by atoms with Gasteiger partial charge >= 0.3 is 0 Å². The highest BCUT2D eigenvalue weighted by molar-refractivity contribution is 7.92. The number of aromatic nitrogens is 1. The molecule has 5 nitrogen and oxygen atoms in total. The van der Waals surface area contributed by atoms with Crippen LogP contribution in [0.15, 0.2) is 47.5 Å². The van der Waals surface area contributed by atoms with Crippen molar-refractivity contribution in [3.63, 3.8) is 0 Å². The Bertz CT molecular complexity index is 667.